The number of nitrogens with zero attached hydrogens (tertiary/aromatic N) is 4. The summed E-state index contributed by atoms with van der Waals surface area (Å²) in [5.41, 5.74) is 0.543. The van der Waals surface area contributed by atoms with Crippen LogP contribution in [-0.2, 0) is 0 Å². The second kappa shape index (κ2) is 9.77. The topological polar surface area (TPSA) is 115 Å². The standard InChI is InChI=1S/C26H27FN6O3S/c27-15-13-20-23(28-14-15)32(18-9-11-37-12-10-18)26(36)33(25(20)35)17-7-5-16(6-8-17)29-24(34)22-19-3-1-2-4-21(19)30-31-22/h1-4,13-14,16-18H,5-12H2,(H,29,34)(H,30,31)/t16-,17+. The predicted molar refractivity (Wildman–Crippen MR) is 141 cm³/mol. The summed E-state index contributed by atoms with van der Waals surface area (Å²) in [4.78, 5) is 44.2. The number of benzene rings is 1. The Morgan fingerprint density at radius 1 is 1.00 bits per heavy atom. The zero-order valence-corrected chi connectivity index (χ0v) is 21.0. The summed E-state index contributed by atoms with van der Waals surface area (Å²) >= 11 is 1.84. The van der Waals surface area contributed by atoms with Crippen LogP contribution in [0.1, 0.15) is 61.1 Å². The first kappa shape index (κ1) is 23.9. The first-order valence-corrected chi connectivity index (χ1v) is 13.8. The second-order valence-corrected chi connectivity index (χ2v) is 11.0. The molecule has 0 unspecified atom stereocenters. The van der Waals surface area contributed by atoms with E-state index in [0.717, 1.165) is 41.4 Å². The van der Waals surface area contributed by atoms with Crippen molar-refractivity contribution in [1.29, 1.82) is 0 Å². The van der Waals surface area contributed by atoms with E-state index >= 15 is 0 Å². The maximum absolute atomic E-state index is 14.1. The van der Waals surface area contributed by atoms with Gasteiger partial charge in [-0.05, 0) is 62.2 Å². The molecule has 11 heteroatoms. The van der Waals surface area contributed by atoms with Crippen LogP contribution in [0.15, 0.2) is 46.1 Å². The van der Waals surface area contributed by atoms with E-state index in [0.29, 0.717) is 31.4 Å². The summed E-state index contributed by atoms with van der Waals surface area (Å²) in [6.07, 6.45) is 5.01. The highest BCUT2D eigenvalue weighted by Crippen LogP contribution is 2.30. The maximum Gasteiger partial charge on any atom is 0.333 e. The molecule has 9 nitrogen and oxygen atoms in total. The summed E-state index contributed by atoms with van der Waals surface area (Å²) in [6, 6.07) is 8.17. The normalized spacial score (nSPS) is 20.9. The van der Waals surface area contributed by atoms with Crippen LogP contribution in [0.5, 0.6) is 0 Å². The van der Waals surface area contributed by atoms with E-state index in [-0.39, 0.29) is 40.8 Å². The first-order chi connectivity index (χ1) is 18.0. The molecule has 1 aromatic carbocycles. The molecule has 3 aromatic heterocycles. The number of carbonyl (C=O) groups excluding carboxylic acids is 1. The smallest absolute Gasteiger partial charge is 0.333 e. The fourth-order valence-corrected chi connectivity index (χ4v) is 6.75. The number of para-hydroxylation sites is 1. The van der Waals surface area contributed by atoms with Gasteiger partial charge in [-0.25, -0.2) is 14.2 Å². The molecule has 1 amide bonds. The average Bonchev–Trinajstić information content (AvgIpc) is 3.35. The van der Waals surface area contributed by atoms with E-state index < -0.39 is 11.4 Å². The molecule has 2 N–H and O–H groups in total. The molecule has 2 aliphatic rings. The van der Waals surface area contributed by atoms with E-state index in [1.807, 2.05) is 36.0 Å². The van der Waals surface area contributed by atoms with Crippen LogP contribution in [0.25, 0.3) is 21.9 Å². The number of fused-ring (bicyclic) bond motifs is 2. The van der Waals surface area contributed by atoms with Crippen molar-refractivity contribution in [2.45, 2.75) is 56.7 Å². The van der Waals surface area contributed by atoms with Crippen LogP contribution in [0.2, 0.25) is 0 Å². The number of aromatic amines is 1. The Morgan fingerprint density at radius 2 is 1.73 bits per heavy atom. The van der Waals surface area contributed by atoms with Crippen molar-refractivity contribution in [3.05, 3.63) is 68.9 Å². The Kier molecular flexibility index (Phi) is 6.31. The highest BCUT2D eigenvalue weighted by molar-refractivity contribution is 7.99. The molecule has 0 bridgehead atoms. The Hall–Kier alpha value is -3.47. The highest BCUT2D eigenvalue weighted by atomic mass is 32.2. The number of hydrogen-bond acceptors (Lipinski definition) is 6. The van der Waals surface area contributed by atoms with Crippen molar-refractivity contribution in [1.82, 2.24) is 29.6 Å². The van der Waals surface area contributed by atoms with Gasteiger partial charge in [0.2, 0.25) is 0 Å². The maximum atomic E-state index is 14.1. The van der Waals surface area contributed by atoms with E-state index in [9.17, 15) is 18.8 Å². The fourth-order valence-electron chi connectivity index (χ4n) is 5.67. The quantitative estimate of drug-likeness (QED) is 0.424. The Bertz CT molecular complexity index is 1600. The van der Waals surface area contributed by atoms with Gasteiger partial charge in [0.05, 0.1) is 17.1 Å². The van der Waals surface area contributed by atoms with Crippen LogP contribution < -0.4 is 16.6 Å². The molecule has 1 aliphatic carbocycles. The zero-order chi connectivity index (χ0) is 25.5. The van der Waals surface area contributed by atoms with Crippen LogP contribution in [0.4, 0.5) is 4.39 Å². The minimum atomic E-state index is -0.599. The third kappa shape index (κ3) is 4.35. The van der Waals surface area contributed by atoms with Crippen LogP contribution in [0, 0.1) is 5.82 Å². The molecule has 192 valence electrons. The zero-order valence-electron chi connectivity index (χ0n) is 20.2. The molecule has 6 rings (SSSR count). The molecule has 4 aromatic rings. The lowest BCUT2D eigenvalue weighted by atomic mass is 9.90. The number of hydrogen-bond donors (Lipinski definition) is 2. The van der Waals surface area contributed by atoms with Gasteiger partial charge in [0.1, 0.15) is 11.5 Å². The van der Waals surface area contributed by atoms with Gasteiger partial charge in [-0.15, -0.1) is 0 Å². The van der Waals surface area contributed by atoms with Crippen LogP contribution in [-0.4, -0.2) is 47.8 Å². The number of amides is 1. The number of halogens is 1. The summed E-state index contributed by atoms with van der Waals surface area (Å²) in [5, 5.41) is 11.0. The number of thioether (sulfide) groups is 1. The van der Waals surface area contributed by atoms with Gasteiger partial charge in [0.25, 0.3) is 11.5 Å². The number of aromatic nitrogens is 5. The number of pyridine rings is 1. The molecule has 37 heavy (non-hydrogen) atoms. The third-order valence-electron chi connectivity index (χ3n) is 7.56. The van der Waals surface area contributed by atoms with Crippen LogP contribution in [0.3, 0.4) is 0 Å². The van der Waals surface area contributed by atoms with E-state index in [4.69, 9.17) is 0 Å². The van der Waals surface area contributed by atoms with Gasteiger partial charge in [-0.3, -0.25) is 23.8 Å². The lowest BCUT2D eigenvalue weighted by Crippen LogP contribution is -2.46. The molecule has 2 fully saturated rings. The summed E-state index contributed by atoms with van der Waals surface area (Å²) in [5.74, 6) is 1.00. The van der Waals surface area contributed by atoms with Crippen molar-refractivity contribution >= 4 is 39.6 Å². The van der Waals surface area contributed by atoms with Crippen molar-refractivity contribution < 1.29 is 9.18 Å². The lowest BCUT2D eigenvalue weighted by Gasteiger charge is -2.31. The minimum absolute atomic E-state index is 0.0691. The lowest BCUT2D eigenvalue weighted by molar-refractivity contribution is 0.0918. The molecular weight excluding hydrogens is 495 g/mol. The molecule has 0 spiro atoms. The molecule has 0 radical (unpaired) electrons. The SMILES string of the molecule is O=C(N[C@H]1CC[C@@H](n2c(=O)c3cc(F)cnc3n(C3CCSCC3)c2=O)CC1)c1n[nH]c2ccccc12. The number of carbonyl (C=O) groups is 1. The predicted octanol–water partition coefficient (Wildman–Crippen LogP) is 3.56. The molecule has 1 saturated heterocycles. The van der Waals surface area contributed by atoms with Gasteiger partial charge in [0, 0.05) is 23.5 Å². The Labute approximate surface area is 215 Å². The molecule has 4 heterocycles. The Balaban J connectivity index is 1.26. The van der Waals surface area contributed by atoms with E-state index in [1.54, 1.807) is 4.57 Å². The number of rotatable bonds is 4. The number of H-pyrrole nitrogens is 1. The first-order valence-electron chi connectivity index (χ1n) is 12.7. The van der Waals surface area contributed by atoms with Crippen molar-refractivity contribution in [3.8, 4) is 0 Å². The summed E-state index contributed by atoms with van der Waals surface area (Å²) in [6.45, 7) is 0. The summed E-state index contributed by atoms with van der Waals surface area (Å²) in [7, 11) is 0. The molecule has 1 saturated carbocycles. The minimum Gasteiger partial charge on any atom is -0.348 e. The Morgan fingerprint density at radius 3 is 2.51 bits per heavy atom. The molecular formula is C26H27FN6O3S. The van der Waals surface area contributed by atoms with Crippen molar-refractivity contribution in [2.75, 3.05) is 11.5 Å². The molecule has 1 aliphatic heterocycles. The van der Waals surface area contributed by atoms with E-state index in [1.165, 1.54) is 10.6 Å². The van der Waals surface area contributed by atoms with E-state index in [2.05, 4.69) is 20.5 Å². The number of nitrogens with one attached hydrogen (secondary N) is 2. The van der Waals surface area contributed by atoms with Crippen molar-refractivity contribution in [2.24, 2.45) is 0 Å². The van der Waals surface area contributed by atoms with Gasteiger partial charge >= 0.3 is 5.69 Å². The van der Waals surface area contributed by atoms with Gasteiger partial charge in [0.15, 0.2) is 5.69 Å². The largest absolute Gasteiger partial charge is 0.348 e. The van der Waals surface area contributed by atoms with Gasteiger partial charge in [-0.1, -0.05) is 18.2 Å². The van der Waals surface area contributed by atoms with Gasteiger partial charge < -0.3 is 5.32 Å². The van der Waals surface area contributed by atoms with Crippen LogP contribution >= 0.6 is 11.8 Å². The molecule has 0 atom stereocenters. The van der Waals surface area contributed by atoms with Crippen molar-refractivity contribution in [3.63, 3.8) is 0 Å². The fraction of sp³-hybridized carbons (Fsp3) is 0.423. The highest BCUT2D eigenvalue weighted by Gasteiger charge is 2.30. The average molecular weight is 523 g/mol. The third-order valence-corrected chi connectivity index (χ3v) is 8.61. The van der Waals surface area contributed by atoms with Gasteiger partial charge in [-0.2, -0.15) is 16.9 Å². The summed E-state index contributed by atoms with van der Waals surface area (Å²) < 4.78 is 17.0. The second-order valence-electron chi connectivity index (χ2n) is 9.79. The monoisotopic (exact) mass is 522 g/mol.